The molecule has 1 radical (unpaired) electrons. The predicted molar refractivity (Wildman–Crippen MR) is 65.5 cm³/mol. The third-order valence-electron chi connectivity index (χ3n) is 2.55. The van der Waals surface area contributed by atoms with Crippen LogP contribution in [-0.4, -0.2) is 0 Å². The van der Waals surface area contributed by atoms with Crippen molar-refractivity contribution in [1.29, 1.82) is 0 Å². The maximum atomic E-state index is 12.6. The van der Waals surface area contributed by atoms with Gasteiger partial charge >= 0.3 is 6.18 Å². The molecule has 2 rings (SSSR count). The molecule has 2 aromatic carbocycles. The Morgan fingerprint density at radius 3 is 2.44 bits per heavy atom. The Hall–Kier alpha value is -1.48. The van der Waals surface area contributed by atoms with Crippen molar-refractivity contribution in [3.63, 3.8) is 0 Å². The lowest BCUT2D eigenvalue weighted by molar-refractivity contribution is -0.137. The van der Waals surface area contributed by atoms with Gasteiger partial charge in [0.1, 0.15) is 0 Å². The molecule has 0 saturated heterocycles. The maximum Gasteiger partial charge on any atom is 0.416 e. The molecule has 0 spiro atoms. The molecule has 0 unspecified atom stereocenters. The normalized spacial score (nSPS) is 11.6. The molecule has 0 aliphatic carbocycles. The van der Waals surface area contributed by atoms with Crippen LogP contribution >= 0.6 is 11.6 Å². The molecular weight excluding hydrogens is 261 g/mol. The van der Waals surface area contributed by atoms with Crippen LogP contribution in [0.2, 0.25) is 5.02 Å². The van der Waals surface area contributed by atoms with Crippen LogP contribution in [0.3, 0.4) is 0 Å². The Morgan fingerprint density at radius 1 is 1.11 bits per heavy atom. The number of aryl methyl sites for hydroxylation is 1. The molecule has 2 aromatic rings. The molecule has 0 bridgehead atoms. The van der Waals surface area contributed by atoms with Crippen molar-refractivity contribution in [2.45, 2.75) is 13.1 Å². The van der Waals surface area contributed by atoms with Gasteiger partial charge in [0.2, 0.25) is 0 Å². The summed E-state index contributed by atoms with van der Waals surface area (Å²) in [6.07, 6.45) is -4.37. The molecule has 0 aliphatic rings. The van der Waals surface area contributed by atoms with Crippen LogP contribution < -0.4 is 0 Å². The van der Waals surface area contributed by atoms with Gasteiger partial charge in [-0.25, -0.2) is 0 Å². The number of benzene rings is 2. The van der Waals surface area contributed by atoms with E-state index in [9.17, 15) is 13.2 Å². The lowest BCUT2D eigenvalue weighted by atomic mass is 10.0. The van der Waals surface area contributed by atoms with Crippen molar-refractivity contribution < 1.29 is 13.2 Å². The summed E-state index contributed by atoms with van der Waals surface area (Å²) in [4.78, 5) is 0. The lowest BCUT2D eigenvalue weighted by Gasteiger charge is -2.11. The first kappa shape index (κ1) is 13.0. The number of hydrogen-bond donors (Lipinski definition) is 0. The fourth-order valence-corrected chi connectivity index (χ4v) is 1.90. The van der Waals surface area contributed by atoms with E-state index in [0.717, 1.165) is 17.7 Å². The Labute approximate surface area is 108 Å². The van der Waals surface area contributed by atoms with E-state index in [0.29, 0.717) is 16.1 Å². The molecule has 93 valence electrons. The SMILES string of the molecule is Cc1[c]ccc(-c2cc(C(F)(F)F)ccc2Cl)c1. The second-order valence-electron chi connectivity index (χ2n) is 3.95. The number of alkyl halides is 3. The van der Waals surface area contributed by atoms with Crippen molar-refractivity contribution in [1.82, 2.24) is 0 Å². The minimum absolute atomic E-state index is 0.300. The highest BCUT2D eigenvalue weighted by Gasteiger charge is 2.31. The number of rotatable bonds is 1. The molecule has 18 heavy (non-hydrogen) atoms. The Kier molecular flexibility index (Phi) is 3.35. The summed E-state index contributed by atoms with van der Waals surface area (Å²) in [7, 11) is 0. The van der Waals surface area contributed by atoms with E-state index in [1.807, 2.05) is 6.92 Å². The van der Waals surface area contributed by atoms with Crippen LogP contribution in [-0.2, 0) is 6.18 Å². The molecular formula is C14H9ClF3. The summed E-state index contributed by atoms with van der Waals surface area (Å²) in [5, 5.41) is 0.300. The third-order valence-corrected chi connectivity index (χ3v) is 2.88. The zero-order valence-corrected chi connectivity index (χ0v) is 10.2. The molecule has 0 aliphatic heterocycles. The van der Waals surface area contributed by atoms with Gasteiger partial charge in [0.25, 0.3) is 0 Å². The first-order valence-electron chi connectivity index (χ1n) is 5.23. The predicted octanol–water partition coefficient (Wildman–Crippen LogP) is 5.13. The minimum Gasteiger partial charge on any atom is -0.166 e. The van der Waals surface area contributed by atoms with Gasteiger partial charge in [-0.2, -0.15) is 13.2 Å². The smallest absolute Gasteiger partial charge is 0.166 e. The van der Waals surface area contributed by atoms with E-state index in [-0.39, 0.29) is 0 Å². The van der Waals surface area contributed by atoms with Gasteiger partial charge in [0.05, 0.1) is 5.56 Å². The molecule has 0 N–H and O–H groups in total. The van der Waals surface area contributed by atoms with Crippen molar-refractivity contribution in [3.8, 4) is 11.1 Å². The fourth-order valence-electron chi connectivity index (χ4n) is 1.68. The summed E-state index contributed by atoms with van der Waals surface area (Å²) in [5.74, 6) is 0. The Balaban J connectivity index is 2.57. The Morgan fingerprint density at radius 2 is 1.83 bits per heavy atom. The van der Waals surface area contributed by atoms with E-state index in [4.69, 9.17) is 11.6 Å². The molecule has 0 heterocycles. The standard InChI is InChI=1S/C14H9ClF3/c1-9-3-2-4-10(7-9)12-8-11(14(16,17)18)5-6-13(12)15/h2,4-8H,1H3. The van der Waals surface area contributed by atoms with Gasteiger partial charge in [0, 0.05) is 10.6 Å². The largest absolute Gasteiger partial charge is 0.416 e. The zero-order chi connectivity index (χ0) is 13.3. The van der Waals surface area contributed by atoms with Crippen molar-refractivity contribution in [2.75, 3.05) is 0 Å². The van der Waals surface area contributed by atoms with Gasteiger partial charge < -0.3 is 0 Å². The third kappa shape index (κ3) is 2.67. The number of halogens is 4. The second-order valence-corrected chi connectivity index (χ2v) is 4.36. The minimum atomic E-state index is -4.37. The summed E-state index contributed by atoms with van der Waals surface area (Å²) >= 11 is 5.96. The van der Waals surface area contributed by atoms with Crippen LogP contribution in [0, 0.1) is 13.0 Å². The van der Waals surface area contributed by atoms with Gasteiger partial charge in [-0.15, -0.1) is 0 Å². The number of hydrogen-bond acceptors (Lipinski definition) is 0. The van der Waals surface area contributed by atoms with Crippen molar-refractivity contribution in [2.24, 2.45) is 0 Å². The highest BCUT2D eigenvalue weighted by atomic mass is 35.5. The lowest BCUT2D eigenvalue weighted by Crippen LogP contribution is -2.04. The molecule has 0 saturated carbocycles. The summed E-state index contributed by atoms with van der Waals surface area (Å²) in [6, 6.07) is 11.4. The van der Waals surface area contributed by atoms with Crippen LogP contribution in [0.5, 0.6) is 0 Å². The van der Waals surface area contributed by atoms with E-state index in [2.05, 4.69) is 6.07 Å². The topological polar surface area (TPSA) is 0 Å². The van der Waals surface area contributed by atoms with Gasteiger partial charge in [-0.1, -0.05) is 29.8 Å². The summed E-state index contributed by atoms with van der Waals surface area (Å²) < 4.78 is 37.9. The van der Waals surface area contributed by atoms with Crippen LogP contribution in [0.1, 0.15) is 11.1 Å². The zero-order valence-electron chi connectivity index (χ0n) is 9.48. The molecule has 0 fully saturated rings. The molecule has 0 atom stereocenters. The first-order valence-corrected chi connectivity index (χ1v) is 5.61. The van der Waals surface area contributed by atoms with Crippen molar-refractivity contribution in [3.05, 3.63) is 58.6 Å². The van der Waals surface area contributed by atoms with Crippen LogP contribution in [0.4, 0.5) is 13.2 Å². The van der Waals surface area contributed by atoms with Gasteiger partial charge in [0.15, 0.2) is 0 Å². The monoisotopic (exact) mass is 269 g/mol. The molecule has 0 amide bonds. The van der Waals surface area contributed by atoms with Crippen LogP contribution in [0.15, 0.2) is 36.4 Å². The van der Waals surface area contributed by atoms with E-state index in [1.165, 1.54) is 6.07 Å². The average molecular weight is 270 g/mol. The van der Waals surface area contributed by atoms with Crippen molar-refractivity contribution >= 4 is 11.6 Å². The van der Waals surface area contributed by atoms with E-state index >= 15 is 0 Å². The van der Waals surface area contributed by atoms with Gasteiger partial charge in [-0.3, -0.25) is 0 Å². The maximum absolute atomic E-state index is 12.6. The Bertz CT molecular complexity index is 573. The van der Waals surface area contributed by atoms with E-state index in [1.54, 1.807) is 18.2 Å². The molecule has 0 aromatic heterocycles. The average Bonchev–Trinajstić information content (AvgIpc) is 2.28. The first-order chi connectivity index (χ1) is 8.38. The van der Waals surface area contributed by atoms with E-state index < -0.39 is 11.7 Å². The van der Waals surface area contributed by atoms with Crippen LogP contribution in [0.25, 0.3) is 11.1 Å². The quantitative estimate of drug-likeness (QED) is 0.673. The molecule has 4 heteroatoms. The fraction of sp³-hybridized carbons (Fsp3) is 0.143. The molecule has 0 nitrogen and oxygen atoms in total. The highest BCUT2D eigenvalue weighted by molar-refractivity contribution is 6.33. The highest BCUT2D eigenvalue weighted by Crippen LogP contribution is 2.35. The second kappa shape index (κ2) is 4.65. The summed E-state index contributed by atoms with van der Waals surface area (Å²) in [6.45, 7) is 1.82. The summed E-state index contributed by atoms with van der Waals surface area (Å²) in [5.41, 5.74) is 1.18. The van der Waals surface area contributed by atoms with Gasteiger partial charge in [-0.05, 0) is 42.3 Å².